The van der Waals surface area contributed by atoms with Gasteiger partial charge in [-0.25, -0.2) is 9.59 Å². The Labute approximate surface area is 258 Å². The van der Waals surface area contributed by atoms with Crippen molar-refractivity contribution < 1.29 is 28.7 Å². The summed E-state index contributed by atoms with van der Waals surface area (Å²) in [4.78, 5) is 56.7. The summed E-state index contributed by atoms with van der Waals surface area (Å²) in [6.45, 7) is 20.1. The zero-order valence-corrected chi connectivity index (χ0v) is 28.6. The summed E-state index contributed by atoms with van der Waals surface area (Å²) < 4.78 is 10.5. The van der Waals surface area contributed by atoms with Gasteiger partial charge in [0.25, 0.3) is 0 Å². The molecule has 1 rings (SSSR count). The van der Waals surface area contributed by atoms with Gasteiger partial charge < -0.3 is 25.4 Å². The predicted molar refractivity (Wildman–Crippen MR) is 170 cm³/mol. The van der Waals surface area contributed by atoms with Crippen LogP contribution in [0.2, 0.25) is 0 Å². The van der Waals surface area contributed by atoms with Gasteiger partial charge in [-0.15, -0.1) is 0 Å². The Hall–Kier alpha value is -3.56. The van der Waals surface area contributed by atoms with Gasteiger partial charge in [0.05, 0.1) is 13.2 Å². The molecule has 0 unspecified atom stereocenters. The van der Waals surface area contributed by atoms with Crippen LogP contribution in [0.15, 0.2) is 35.9 Å². The molecule has 0 aliphatic heterocycles. The quantitative estimate of drug-likeness (QED) is 0.221. The van der Waals surface area contributed by atoms with Crippen LogP contribution in [-0.4, -0.2) is 78.6 Å². The number of methoxy groups -OCH3 is 1. The smallest absolute Gasteiger partial charge is 0.410 e. The lowest BCUT2D eigenvalue weighted by molar-refractivity contribution is -0.142. The first-order chi connectivity index (χ1) is 19.4. The highest BCUT2D eigenvalue weighted by atomic mass is 16.6. The monoisotopic (exact) mass is 602 g/mol. The number of nitrogens with one attached hydrogen (secondary N) is 1. The van der Waals surface area contributed by atoms with Gasteiger partial charge in [0.1, 0.15) is 17.7 Å². The Morgan fingerprint density at radius 3 is 1.95 bits per heavy atom. The second-order valence-electron chi connectivity index (χ2n) is 14.2. The molecule has 0 saturated carbocycles. The number of amides is 3. The van der Waals surface area contributed by atoms with Crippen LogP contribution < -0.4 is 11.1 Å². The van der Waals surface area contributed by atoms with E-state index in [0.29, 0.717) is 11.3 Å². The van der Waals surface area contributed by atoms with Crippen LogP contribution in [0.5, 0.6) is 0 Å². The summed E-state index contributed by atoms with van der Waals surface area (Å²) >= 11 is 0. The Kier molecular flexibility index (Phi) is 12.4. The summed E-state index contributed by atoms with van der Waals surface area (Å²) in [5.74, 6) is -1.39. The van der Waals surface area contributed by atoms with Crippen molar-refractivity contribution in [1.29, 1.82) is 0 Å². The molecule has 0 saturated heterocycles. The third-order valence-electron chi connectivity index (χ3n) is 7.44. The molecule has 0 aliphatic carbocycles. The molecular formula is C33H54N4O6. The van der Waals surface area contributed by atoms with E-state index < -0.39 is 52.5 Å². The van der Waals surface area contributed by atoms with E-state index in [1.54, 1.807) is 63.9 Å². The third-order valence-corrected chi connectivity index (χ3v) is 7.44. The number of likely N-dealkylation sites (N-methyl/N-ethyl adjacent to an activating group) is 2. The minimum atomic E-state index is -1.07. The first kappa shape index (κ1) is 37.5. The largest absolute Gasteiger partial charge is 0.466 e. The second-order valence-corrected chi connectivity index (χ2v) is 14.2. The van der Waals surface area contributed by atoms with Crippen molar-refractivity contribution in [2.24, 2.45) is 11.3 Å². The molecule has 10 heteroatoms. The lowest BCUT2D eigenvalue weighted by Gasteiger charge is -2.42. The maximum atomic E-state index is 14.3. The van der Waals surface area contributed by atoms with Gasteiger partial charge in [-0.2, -0.15) is 0 Å². The van der Waals surface area contributed by atoms with Crippen molar-refractivity contribution in [3.8, 4) is 0 Å². The van der Waals surface area contributed by atoms with Gasteiger partial charge in [-0.1, -0.05) is 66.7 Å². The predicted octanol–water partition coefficient (Wildman–Crippen LogP) is 4.92. The summed E-state index contributed by atoms with van der Waals surface area (Å²) in [6, 6.07) is 4.67. The van der Waals surface area contributed by atoms with E-state index in [0.717, 1.165) is 5.56 Å². The maximum Gasteiger partial charge on any atom is 0.410 e. The van der Waals surface area contributed by atoms with Gasteiger partial charge in [-0.05, 0) is 56.7 Å². The fourth-order valence-corrected chi connectivity index (χ4v) is 4.98. The lowest BCUT2D eigenvalue weighted by Crippen LogP contribution is -2.63. The average molecular weight is 603 g/mol. The number of carbonyl (C=O) groups excluding carboxylic acids is 4. The van der Waals surface area contributed by atoms with E-state index >= 15 is 0 Å². The fraction of sp³-hybridized carbons (Fsp3) is 0.636. The van der Waals surface area contributed by atoms with E-state index in [1.165, 1.54) is 19.1 Å². The van der Waals surface area contributed by atoms with Crippen molar-refractivity contribution in [3.05, 3.63) is 41.5 Å². The Morgan fingerprint density at radius 2 is 1.51 bits per heavy atom. The molecule has 3 atom stereocenters. The summed E-state index contributed by atoms with van der Waals surface area (Å²) in [6.07, 6.45) is 1.03. The lowest BCUT2D eigenvalue weighted by atomic mass is 9.76. The number of nitrogens with two attached hydrogens (primary N) is 1. The second kappa shape index (κ2) is 14.3. The Bertz CT molecular complexity index is 1190. The number of hydrogen-bond acceptors (Lipinski definition) is 7. The van der Waals surface area contributed by atoms with E-state index in [4.69, 9.17) is 15.2 Å². The van der Waals surface area contributed by atoms with Crippen molar-refractivity contribution in [1.82, 2.24) is 15.1 Å². The van der Waals surface area contributed by atoms with Crippen molar-refractivity contribution in [2.45, 2.75) is 105 Å². The molecule has 10 nitrogen and oxygen atoms in total. The van der Waals surface area contributed by atoms with Gasteiger partial charge in [0.15, 0.2) is 0 Å². The van der Waals surface area contributed by atoms with Gasteiger partial charge in [0.2, 0.25) is 11.8 Å². The maximum absolute atomic E-state index is 14.3. The van der Waals surface area contributed by atoms with E-state index in [-0.39, 0.29) is 11.8 Å². The van der Waals surface area contributed by atoms with Crippen LogP contribution in [-0.2, 0) is 29.3 Å². The molecule has 0 spiro atoms. The van der Waals surface area contributed by atoms with Crippen LogP contribution in [0.3, 0.4) is 0 Å². The minimum absolute atomic E-state index is 0.0431. The number of ether oxygens (including phenoxy) is 2. The molecule has 0 radical (unpaired) electrons. The fourth-order valence-electron chi connectivity index (χ4n) is 4.98. The highest BCUT2D eigenvalue weighted by Gasteiger charge is 2.46. The van der Waals surface area contributed by atoms with E-state index in [1.807, 2.05) is 54.5 Å². The summed E-state index contributed by atoms with van der Waals surface area (Å²) in [5.41, 5.74) is 5.28. The molecular weight excluding hydrogens is 548 g/mol. The molecule has 0 bridgehead atoms. The first-order valence-electron chi connectivity index (χ1n) is 14.6. The summed E-state index contributed by atoms with van der Waals surface area (Å²) in [7, 11) is 4.47. The molecule has 1 aromatic carbocycles. The molecule has 0 aliphatic rings. The number of anilines is 1. The number of nitrogens with zero attached hydrogens (tertiary/aromatic N) is 2. The summed E-state index contributed by atoms with van der Waals surface area (Å²) in [5, 5.41) is 2.98. The zero-order valence-electron chi connectivity index (χ0n) is 28.6. The van der Waals surface area contributed by atoms with Crippen molar-refractivity contribution >= 4 is 29.6 Å². The molecule has 3 N–H and O–H groups in total. The number of hydrogen-bond donors (Lipinski definition) is 2. The van der Waals surface area contributed by atoms with Crippen LogP contribution in [0.1, 0.15) is 81.7 Å². The molecule has 3 amide bonds. The minimum Gasteiger partial charge on any atom is -0.466 e. The van der Waals surface area contributed by atoms with Crippen LogP contribution in [0.25, 0.3) is 0 Å². The van der Waals surface area contributed by atoms with Gasteiger partial charge in [0, 0.05) is 30.8 Å². The number of nitrogen functional groups attached to an aromatic ring is 1. The highest BCUT2D eigenvalue weighted by Crippen LogP contribution is 2.33. The number of rotatable bonds is 10. The molecule has 0 aromatic heterocycles. The topological polar surface area (TPSA) is 131 Å². The Balaban J connectivity index is 3.64. The van der Waals surface area contributed by atoms with Crippen LogP contribution in [0, 0.1) is 11.3 Å². The van der Waals surface area contributed by atoms with Crippen LogP contribution >= 0.6 is 0 Å². The number of esters is 1. The Morgan fingerprint density at radius 1 is 0.953 bits per heavy atom. The van der Waals surface area contributed by atoms with Gasteiger partial charge in [-0.3, -0.25) is 14.5 Å². The molecule has 0 fully saturated rings. The SMILES string of the molecule is COC(=O)/C(C)=C/[C@H](C(C)C)N(C)C(=O)[C@@H](NC(=O)[C@@H](N(C)C(=O)OC(C)(C)C)C(C)(C)c1cccc(N)c1)C(C)(C)C. The number of benzene rings is 1. The highest BCUT2D eigenvalue weighted by molar-refractivity contribution is 5.93. The molecule has 242 valence electrons. The first-order valence-corrected chi connectivity index (χ1v) is 14.6. The van der Waals surface area contributed by atoms with Gasteiger partial charge >= 0.3 is 12.1 Å². The van der Waals surface area contributed by atoms with Crippen LogP contribution in [0.4, 0.5) is 10.5 Å². The van der Waals surface area contributed by atoms with Crippen molar-refractivity contribution in [2.75, 3.05) is 26.9 Å². The zero-order chi connectivity index (χ0) is 33.7. The number of carbonyl (C=O) groups is 4. The normalized spacial score (nSPS) is 14.8. The van der Waals surface area contributed by atoms with Crippen molar-refractivity contribution in [3.63, 3.8) is 0 Å². The molecule has 1 aromatic rings. The standard InChI is InChI=1S/C33H54N4O6/c1-20(2)24(18-21(3)29(40)42-14)36(12)28(39)25(31(4,5)6)35-27(38)26(37(13)30(41)43-32(7,8)9)33(10,11)22-16-15-17-23(34)19-22/h15-20,24-26H,34H2,1-14H3,(H,35,38)/b21-18+/t24-,25-,26-/m1/s1. The molecule has 0 heterocycles. The third kappa shape index (κ3) is 10.0. The van der Waals surface area contributed by atoms with E-state index in [2.05, 4.69) is 5.32 Å². The molecule has 43 heavy (non-hydrogen) atoms. The average Bonchev–Trinajstić information content (AvgIpc) is 2.86. The van der Waals surface area contributed by atoms with E-state index in [9.17, 15) is 19.2 Å².